The van der Waals surface area contributed by atoms with Crippen LogP contribution in [-0.4, -0.2) is 45.2 Å². The molecule has 0 amide bonds. The van der Waals surface area contributed by atoms with Gasteiger partial charge in [-0.15, -0.1) is 0 Å². The number of rotatable bonds is 0. The average molecular weight is 282 g/mol. The van der Waals surface area contributed by atoms with Crippen LogP contribution < -0.4 is 0 Å². The van der Waals surface area contributed by atoms with E-state index < -0.39 is 29.2 Å². The number of fused-ring (bicyclic) bond motifs is 1. The highest BCUT2D eigenvalue weighted by atomic mass is 16.7. The number of hydrogen-bond acceptors (Lipinski definition) is 5. The summed E-state index contributed by atoms with van der Waals surface area (Å²) in [6.45, 7) is 7.14. The first-order valence-corrected chi connectivity index (χ1v) is 7.11. The summed E-state index contributed by atoms with van der Waals surface area (Å²) in [5, 5.41) is 20.5. The smallest absolute Gasteiger partial charge is 0.253 e. The number of ether oxygens (including phenoxy) is 2. The lowest BCUT2D eigenvalue weighted by Crippen LogP contribution is -2.52. The minimum atomic E-state index is -1.36. The molecule has 5 heteroatoms. The molecule has 1 spiro atoms. The van der Waals surface area contributed by atoms with Crippen LogP contribution in [0.2, 0.25) is 0 Å². The summed E-state index contributed by atoms with van der Waals surface area (Å²) in [7, 11) is 0. The fourth-order valence-electron chi connectivity index (χ4n) is 3.57. The molecule has 1 saturated carbocycles. The number of carbonyl (C=O) groups is 1. The summed E-state index contributed by atoms with van der Waals surface area (Å²) in [5.74, 6) is -1.46. The highest BCUT2D eigenvalue weighted by molar-refractivity contribution is 5.92. The topological polar surface area (TPSA) is 76.0 Å². The van der Waals surface area contributed by atoms with E-state index >= 15 is 0 Å². The summed E-state index contributed by atoms with van der Waals surface area (Å²) < 4.78 is 11.8. The molecule has 0 bridgehead atoms. The van der Waals surface area contributed by atoms with Crippen molar-refractivity contribution < 1.29 is 24.5 Å². The van der Waals surface area contributed by atoms with E-state index in [1.807, 2.05) is 20.8 Å². The maximum absolute atomic E-state index is 12.4. The molecule has 2 aliphatic heterocycles. The normalized spacial score (nSPS) is 47.2. The van der Waals surface area contributed by atoms with Gasteiger partial charge >= 0.3 is 0 Å². The van der Waals surface area contributed by atoms with Gasteiger partial charge in [0.25, 0.3) is 5.79 Å². The lowest BCUT2D eigenvalue weighted by molar-refractivity contribution is -0.243. The second-order valence-electron chi connectivity index (χ2n) is 7.07. The van der Waals surface area contributed by atoms with Crippen LogP contribution in [0.5, 0.6) is 0 Å². The number of ketones is 1. The van der Waals surface area contributed by atoms with E-state index in [-0.39, 0.29) is 12.2 Å². The first-order chi connectivity index (χ1) is 9.09. The Labute approximate surface area is 118 Å². The molecule has 4 atom stereocenters. The summed E-state index contributed by atoms with van der Waals surface area (Å²) in [4.78, 5) is 12.4. The predicted molar refractivity (Wildman–Crippen MR) is 71.0 cm³/mol. The van der Waals surface area contributed by atoms with Gasteiger partial charge < -0.3 is 19.7 Å². The van der Waals surface area contributed by atoms with Crippen molar-refractivity contribution in [1.29, 1.82) is 0 Å². The van der Waals surface area contributed by atoms with Crippen molar-refractivity contribution in [1.82, 2.24) is 0 Å². The van der Waals surface area contributed by atoms with Crippen LogP contribution in [0.3, 0.4) is 0 Å². The highest BCUT2D eigenvalue weighted by Gasteiger charge is 2.62. The minimum Gasteiger partial charge on any atom is -0.387 e. The molecule has 2 N–H and O–H groups in total. The molecule has 1 aliphatic carbocycles. The zero-order chi connectivity index (χ0) is 14.9. The summed E-state index contributed by atoms with van der Waals surface area (Å²) >= 11 is 0. The number of aliphatic hydroxyl groups excluding tert-OH is 1. The Bertz CT molecular complexity index is 504. The maximum atomic E-state index is 12.4. The van der Waals surface area contributed by atoms with Crippen molar-refractivity contribution >= 4 is 5.78 Å². The quantitative estimate of drug-likeness (QED) is 0.650. The molecule has 0 aromatic rings. The second kappa shape index (κ2) is 3.91. The Balaban J connectivity index is 2.01. The van der Waals surface area contributed by atoms with E-state index in [1.54, 1.807) is 6.92 Å². The van der Waals surface area contributed by atoms with Gasteiger partial charge in [-0.1, -0.05) is 0 Å². The Hall–Kier alpha value is -0.750. The maximum Gasteiger partial charge on any atom is 0.253 e. The van der Waals surface area contributed by atoms with Crippen molar-refractivity contribution in [3.8, 4) is 0 Å². The van der Waals surface area contributed by atoms with Crippen LogP contribution in [-0.2, 0) is 14.3 Å². The standard InChI is InChI=1S/C15H22O5/c1-8-9-5-6-14(4,18)12(17)11(9)19-15(8)10(16)7-13(2,3)20-15/h11-12,17-18H,5-7H2,1-4H3/t11?,12?,14?,15-/m1/s1. The van der Waals surface area contributed by atoms with Gasteiger partial charge in [-0.2, -0.15) is 0 Å². The third-order valence-electron chi connectivity index (χ3n) is 4.81. The highest BCUT2D eigenvalue weighted by Crippen LogP contribution is 2.51. The van der Waals surface area contributed by atoms with Crippen molar-refractivity contribution in [3.63, 3.8) is 0 Å². The molecule has 0 radical (unpaired) electrons. The van der Waals surface area contributed by atoms with Gasteiger partial charge in [-0.25, -0.2) is 0 Å². The number of aliphatic hydroxyl groups is 2. The van der Waals surface area contributed by atoms with Gasteiger partial charge in [0, 0.05) is 6.42 Å². The molecule has 1 saturated heterocycles. The van der Waals surface area contributed by atoms with Crippen LogP contribution in [0.15, 0.2) is 11.1 Å². The van der Waals surface area contributed by atoms with Crippen molar-refractivity contribution in [2.45, 2.75) is 76.2 Å². The summed E-state index contributed by atoms with van der Waals surface area (Å²) in [5.41, 5.74) is -0.112. The van der Waals surface area contributed by atoms with E-state index in [0.29, 0.717) is 12.8 Å². The number of carbonyl (C=O) groups excluding carboxylic acids is 1. The van der Waals surface area contributed by atoms with Gasteiger partial charge in [-0.05, 0) is 51.7 Å². The van der Waals surface area contributed by atoms with Gasteiger partial charge in [-0.3, -0.25) is 4.79 Å². The molecular formula is C15H22O5. The fourth-order valence-corrected chi connectivity index (χ4v) is 3.57. The Kier molecular flexibility index (Phi) is 2.78. The number of Topliss-reactive ketones (excluding diaryl/α,β-unsaturated/α-hetero) is 1. The number of hydrogen-bond donors (Lipinski definition) is 2. The van der Waals surface area contributed by atoms with Crippen LogP contribution >= 0.6 is 0 Å². The largest absolute Gasteiger partial charge is 0.387 e. The molecule has 3 aliphatic rings. The van der Waals surface area contributed by atoms with Gasteiger partial charge in [0.05, 0.1) is 11.2 Å². The zero-order valence-corrected chi connectivity index (χ0v) is 12.4. The van der Waals surface area contributed by atoms with E-state index in [1.165, 1.54) is 0 Å². The molecule has 0 aromatic carbocycles. The molecular weight excluding hydrogens is 260 g/mol. The lowest BCUT2D eigenvalue weighted by Gasteiger charge is -2.39. The summed E-state index contributed by atoms with van der Waals surface area (Å²) in [6.07, 6.45) is -0.345. The molecule has 112 valence electrons. The SMILES string of the molecule is CC1=C2CCC(C)(O)C(O)C2O[C@@]12OC(C)(C)CC2=O. The molecule has 0 aromatic heterocycles. The summed E-state index contributed by atoms with van der Waals surface area (Å²) in [6, 6.07) is 0. The lowest BCUT2D eigenvalue weighted by atomic mass is 9.78. The van der Waals surface area contributed by atoms with Crippen molar-refractivity contribution in [3.05, 3.63) is 11.1 Å². The van der Waals surface area contributed by atoms with Crippen molar-refractivity contribution in [2.24, 2.45) is 0 Å². The van der Waals surface area contributed by atoms with Crippen LogP contribution in [0.4, 0.5) is 0 Å². The minimum absolute atomic E-state index is 0.103. The van der Waals surface area contributed by atoms with Gasteiger partial charge in [0.1, 0.15) is 12.2 Å². The van der Waals surface area contributed by atoms with E-state index in [9.17, 15) is 15.0 Å². The van der Waals surface area contributed by atoms with E-state index in [0.717, 1.165) is 11.1 Å². The Morgan fingerprint density at radius 2 is 1.95 bits per heavy atom. The van der Waals surface area contributed by atoms with Gasteiger partial charge in [0.15, 0.2) is 5.78 Å². The van der Waals surface area contributed by atoms with Gasteiger partial charge in [0.2, 0.25) is 0 Å². The van der Waals surface area contributed by atoms with E-state index in [4.69, 9.17) is 9.47 Å². The van der Waals surface area contributed by atoms with Crippen molar-refractivity contribution in [2.75, 3.05) is 0 Å². The Morgan fingerprint density at radius 3 is 2.50 bits per heavy atom. The average Bonchev–Trinajstić information content (AvgIpc) is 2.71. The molecule has 2 fully saturated rings. The molecule has 2 heterocycles. The van der Waals surface area contributed by atoms with Crippen LogP contribution in [0.25, 0.3) is 0 Å². The monoisotopic (exact) mass is 282 g/mol. The molecule has 20 heavy (non-hydrogen) atoms. The first-order valence-electron chi connectivity index (χ1n) is 7.11. The Morgan fingerprint density at radius 1 is 1.30 bits per heavy atom. The second-order valence-corrected chi connectivity index (χ2v) is 7.07. The molecule has 3 rings (SSSR count). The fraction of sp³-hybridized carbons (Fsp3) is 0.800. The molecule has 3 unspecified atom stereocenters. The molecule has 5 nitrogen and oxygen atoms in total. The van der Waals surface area contributed by atoms with Crippen LogP contribution in [0.1, 0.15) is 47.0 Å². The predicted octanol–water partition coefficient (Wildman–Crippen LogP) is 1.07. The zero-order valence-electron chi connectivity index (χ0n) is 12.4. The van der Waals surface area contributed by atoms with Crippen LogP contribution in [0, 0.1) is 0 Å². The third-order valence-corrected chi connectivity index (χ3v) is 4.81. The third kappa shape index (κ3) is 1.73. The first kappa shape index (κ1) is 14.2. The van der Waals surface area contributed by atoms with E-state index in [2.05, 4.69) is 0 Å².